The van der Waals surface area contributed by atoms with Crippen LogP contribution in [0.25, 0.3) is 0 Å². The van der Waals surface area contributed by atoms with Gasteiger partial charge >= 0.3 is 12.1 Å². The largest absolute Gasteiger partial charge is 0.481 e. The van der Waals surface area contributed by atoms with E-state index in [2.05, 4.69) is 0 Å². The lowest BCUT2D eigenvalue weighted by Crippen LogP contribution is -2.39. The van der Waals surface area contributed by atoms with Crippen molar-refractivity contribution in [2.75, 3.05) is 11.4 Å². The number of hydrogen-bond donors (Lipinski definition) is 1. The van der Waals surface area contributed by atoms with E-state index < -0.39 is 47.2 Å². The highest BCUT2D eigenvalue weighted by Gasteiger charge is 2.67. The zero-order valence-corrected chi connectivity index (χ0v) is 13.2. The minimum Gasteiger partial charge on any atom is -0.481 e. The topological polar surface area (TPSA) is 66.8 Å². The van der Waals surface area contributed by atoms with E-state index in [4.69, 9.17) is 16.3 Å². The Morgan fingerprint density at radius 2 is 2.12 bits per heavy atom. The number of hydrogen-bond acceptors (Lipinski definition) is 3. The Morgan fingerprint density at radius 3 is 2.76 bits per heavy atom. The molecule has 9 heteroatoms. The van der Waals surface area contributed by atoms with Crippen molar-refractivity contribution in [1.82, 2.24) is 0 Å². The number of fused-ring (bicyclic) bond motifs is 1. The second kappa shape index (κ2) is 4.98. The summed E-state index contributed by atoms with van der Waals surface area (Å²) in [7, 11) is 0. The Kier molecular flexibility index (Phi) is 3.27. The number of amides is 1. The number of rotatable bonds is 2. The van der Waals surface area contributed by atoms with Crippen LogP contribution in [0.15, 0.2) is 30.4 Å². The first kappa shape index (κ1) is 16.4. The fraction of sp³-hybridized carbons (Fsp3) is 0.375. The van der Waals surface area contributed by atoms with Gasteiger partial charge in [-0.1, -0.05) is 23.8 Å². The molecule has 0 aromatic heterocycles. The molecule has 1 amide bonds. The number of carboxylic acids is 1. The predicted octanol–water partition coefficient (Wildman–Crippen LogP) is 2.73. The summed E-state index contributed by atoms with van der Waals surface area (Å²) in [6.45, 7) is -0.0751. The molecule has 2 saturated heterocycles. The second-order valence-corrected chi connectivity index (χ2v) is 6.73. The Bertz CT molecular complexity index is 824. The van der Waals surface area contributed by atoms with Crippen LogP contribution in [0.4, 0.5) is 18.9 Å². The van der Waals surface area contributed by atoms with Gasteiger partial charge in [-0.25, -0.2) is 0 Å². The molecule has 3 heterocycles. The van der Waals surface area contributed by atoms with Gasteiger partial charge in [-0.15, -0.1) is 0 Å². The zero-order chi connectivity index (χ0) is 18.1. The lowest BCUT2D eigenvalue weighted by molar-refractivity contribution is -0.146. The molecule has 2 bridgehead atoms. The molecule has 2 fully saturated rings. The molecular weight excluding hydrogens is 363 g/mol. The van der Waals surface area contributed by atoms with Crippen molar-refractivity contribution in [3.63, 3.8) is 0 Å². The highest BCUT2D eigenvalue weighted by molar-refractivity contribution is 6.34. The van der Waals surface area contributed by atoms with Gasteiger partial charge < -0.3 is 14.7 Å². The van der Waals surface area contributed by atoms with Crippen molar-refractivity contribution >= 4 is 29.2 Å². The van der Waals surface area contributed by atoms with Gasteiger partial charge in [0.25, 0.3) is 0 Å². The molecule has 3 aliphatic heterocycles. The number of anilines is 1. The van der Waals surface area contributed by atoms with E-state index in [1.807, 2.05) is 0 Å². The van der Waals surface area contributed by atoms with Crippen molar-refractivity contribution in [3.8, 4) is 0 Å². The Morgan fingerprint density at radius 1 is 1.40 bits per heavy atom. The van der Waals surface area contributed by atoms with Crippen LogP contribution in [0.1, 0.15) is 5.56 Å². The van der Waals surface area contributed by atoms with E-state index in [1.54, 1.807) is 12.2 Å². The lowest BCUT2D eigenvalue weighted by atomic mass is 9.77. The standard InChI is InChI=1S/C16H11ClF3NO4/c17-8-2-1-7(16(18,19)20)5-9(8)21-6-15-4-3-10(25-15)11(14(23)24)12(15)13(21)22/h1-5,10-12H,6H2,(H,23,24)/t10-,11+,12+,15+/m1/s1. The number of nitrogens with zero attached hydrogens (tertiary/aromatic N) is 1. The third kappa shape index (κ3) is 2.20. The average Bonchev–Trinajstić information content (AvgIpc) is 3.15. The molecule has 132 valence electrons. The molecule has 5 nitrogen and oxygen atoms in total. The van der Waals surface area contributed by atoms with Crippen molar-refractivity contribution in [2.24, 2.45) is 11.8 Å². The first-order valence-corrected chi connectivity index (χ1v) is 7.80. The summed E-state index contributed by atoms with van der Waals surface area (Å²) in [4.78, 5) is 25.4. The summed E-state index contributed by atoms with van der Waals surface area (Å²) in [5.74, 6) is -3.82. The Labute approximate surface area is 144 Å². The molecule has 4 rings (SSSR count). The molecule has 25 heavy (non-hydrogen) atoms. The molecule has 1 N–H and O–H groups in total. The highest BCUT2D eigenvalue weighted by Crippen LogP contribution is 2.53. The van der Waals surface area contributed by atoms with Gasteiger partial charge in [0, 0.05) is 0 Å². The van der Waals surface area contributed by atoms with Crippen LogP contribution in [0, 0.1) is 11.8 Å². The Hall–Kier alpha value is -2.06. The maximum Gasteiger partial charge on any atom is 0.416 e. The van der Waals surface area contributed by atoms with Crippen molar-refractivity contribution in [1.29, 1.82) is 0 Å². The molecule has 1 aromatic carbocycles. The van der Waals surface area contributed by atoms with Crippen LogP contribution in [0.3, 0.4) is 0 Å². The summed E-state index contributed by atoms with van der Waals surface area (Å²) in [5, 5.41) is 9.37. The van der Waals surface area contributed by atoms with Crippen molar-refractivity contribution in [3.05, 3.63) is 40.9 Å². The van der Waals surface area contributed by atoms with Crippen LogP contribution in [-0.4, -0.2) is 35.2 Å². The molecule has 4 atom stereocenters. The fourth-order valence-electron chi connectivity index (χ4n) is 3.88. The number of ether oxygens (including phenoxy) is 1. The summed E-state index contributed by atoms with van der Waals surface area (Å²) in [6, 6.07) is 2.69. The summed E-state index contributed by atoms with van der Waals surface area (Å²) in [5.41, 5.74) is -2.18. The fourth-order valence-corrected chi connectivity index (χ4v) is 4.10. The minimum atomic E-state index is -4.59. The number of carbonyl (C=O) groups excluding carboxylic acids is 1. The van der Waals surface area contributed by atoms with E-state index in [1.165, 1.54) is 0 Å². The van der Waals surface area contributed by atoms with Crippen LogP contribution in [-0.2, 0) is 20.5 Å². The Balaban J connectivity index is 1.76. The maximum absolute atomic E-state index is 13.0. The number of benzene rings is 1. The summed E-state index contributed by atoms with van der Waals surface area (Å²) >= 11 is 6.01. The van der Waals surface area contributed by atoms with Gasteiger partial charge in [0.05, 0.1) is 34.8 Å². The van der Waals surface area contributed by atoms with E-state index in [0.717, 1.165) is 23.1 Å². The first-order valence-electron chi connectivity index (χ1n) is 7.42. The van der Waals surface area contributed by atoms with E-state index in [-0.39, 0.29) is 17.3 Å². The number of carboxylic acid groups (broad SMARTS) is 1. The van der Waals surface area contributed by atoms with Crippen LogP contribution in [0.2, 0.25) is 5.02 Å². The molecule has 0 aliphatic carbocycles. The van der Waals surface area contributed by atoms with Crippen LogP contribution < -0.4 is 4.90 Å². The van der Waals surface area contributed by atoms with E-state index in [9.17, 15) is 27.9 Å². The monoisotopic (exact) mass is 373 g/mol. The number of alkyl halides is 3. The molecular formula is C16H11ClF3NO4. The minimum absolute atomic E-state index is 0.0249. The molecule has 1 spiro atoms. The van der Waals surface area contributed by atoms with Crippen LogP contribution in [0.5, 0.6) is 0 Å². The SMILES string of the molecule is O=C(O)[C@@H]1[C@H]2C(=O)N(c3cc(C(F)(F)F)ccc3Cl)C[C@@]23C=C[C@H]1O3. The predicted molar refractivity (Wildman–Crippen MR) is 80.2 cm³/mol. The summed E-state index contributed by atoms with van der Waals surface area (Å²) in [6.07, 6.45) is -2.08. The maximum atomic E-state index is 13.0. The quantitative estimate of drug-likeness (QED) is 0.809. The van der Waals surface area contributed by atoms with Gasteiger partial charge in [-0.05, 0) is 18.2 Å². The second-order valence-electron chi connectivity index (χ2n) is 6.33. The highest BCUT2D eigenvalue weighted by atomic mass is 35.5. The summed E-state index contributed by atoms with van der Waals surface area (Å²) < 4.78 is 44.6. The molecule has 0 saturated carbocycles. The smallest absolute Gasteiger partial charge is 0.416 e. The molecule has 0 radical (unpaired) electrons. The zero-order valence-electron chi connectivity index (χ0n) is 12.5. The van der Waals surface area contributed by atoms with E-state index in [0.29, 0.717) is 0 Å². The molecule has 0 unspecified atom stereocenters. The van der Waals surface area contributed by atoms with Gasteiger partial charge in [-0.2, -0.15) is 13.2 Å². The van der Waals surface area contributed by atoms with Gasteiger partial charge in [0.15, 0.2) is 0 Å². The number of carbonyl (C=O) groups is 2. The van der Waals surface area contributed by atoms with Crippen molar-refractivity contribution in [2.45, 2.75) is 17.9 Å². The number of aliphatic carboxylic acids is 1. The van der Waals surface area contributed by atoms with Gasteiger partial charge in [-0.3, -0.25) is 9.59 Å². The average molecular weight is 374 g/mol. The van der Waals surface area contributed by atoms with Gasteiger partial charge in [0.2, 0.25) is 5.91 Å². The van der Waals surface area contributed by atoms with Crippen molar-refractivity contribution < 1.29 is 32.6 Å². The third-order valence-corrected chi connectivity index (χ3v) is 5.27. The third-order valence-electron chi connectivity index (χ3n) is 4.95. The lowest BCUT2D eigenvalue weighted by Gasteiger charge is -2.23. The van der Waals surface area contributed by atoms with Gasteiger partial charge in [0.1, 0.15) is 11.5 Å². The van der Waals surface area contributed by atoms with E-state index >= 15 is 0 Å². The van der Waals surface area contributed by atoms with Crippen LogP contribution >= 0.6 is 11.6 Å². The first-order chi connectivity index (χ1) is 11.6. The normalized spacial score (nSPS) is 33.2. The number of halogens is 4. The molecule has 1 aromatic rings. The molecule has 3 aliphatic rings.